The molecule has 4 nitrogen and oxygen atoms in total. The Hall–Kier alpha value is -1.84. The number of carboxylic acids is 1. The molecule has 0 aliphatic heterocycles. The molecule has 1 amide bonds. The van der Waals surface area contributed by atoms with Crippen molar-refractivity contribution in [2.75, 3.05) is 0 Å². The normalized spacial score (nSPS) is 11.9. The lowest BCUT2D eigenvalue weighted by Crippen LogP contribution is -2.40. The Morgan fingerprint density at radius 1 is 1.09 bits per heavy atom. The van der Waals surface area contributed by atoms with Crippen molar-refractivity contribution >= 4 is 11.9 Å². The molecule has 22 heavy (non-hydrogen) atoms. The lowest BCUT2D eigenvalue weighted by Gasteiger charge is -2.14. The van der Waals surface area contributed by atoms with Gasteiger partial charge in [-0.1, -0.05) is 51.0 Å². The molecule has 0 saturated heterocycles. The third-order valence-electron chi connectivity index (χ3n) is 3.78. The number of aliphatic carboxylic acids is 1. The SMILES string of the molecule is CCCCC(NC(=O)CCCc1ccc(CC)cc1)C(=O)O. The Morgan fingerprint density at radius 3 is 2.27 bits per heavy atom. The van der Waals surface area contributed by atoms with Crippen molar-refractivity contribution in [2.24, 2.45) is 0 Å². The molecule has 122 valence electrons. The molecule has 1 unspecified atom stereocenters. The van der Waals surface area contributed by atoms with Crippen molar-refractivity contribution in [3.05, 3.63) is 35.4 Å². The summed E-state index contributed by atoms with van der Waals surface area (Å²) < 4.78 is 0. The van der Waals surface area contributed by atoms with E-state index in [1.807, 2.05) is 6.92 Å². The molecule has 0 aliphatic rings. The molecule has 2 N–H and O–H groups in total. The van der Waals surface area contributed by atoms with Gasteiger partial charge in [0, 0.05) is 6.42 Å². The molecule has 0 spiro atoms. The van der Waals surface area contributed by atoms with E-state index >= 15 is 0 Å². The zero-order chi connectivity index (χ0) is 16.4. The number of carbonyl (C=O) groups excluding carboxylic acids is 1. The van der Waals surface area contributed by atoms with Crippen LogP contribution in [0.15, 0.2) is 24.3 Å². The molecule has 0 fully saturated rings. The van der Waals surface area contributed by atoms with Gasteiger partial charge in [-0.15, -0.1) is 0 Å². The van der Waals surface area contributed by atoms with Crippen LogP contribution in [0.4, 0.5) is 0 Å². The van der Waals surface area contributed by atoms with E-state index < -0.39 is 12.0 Å². The highest BCUT2D eigenvalue weighted by molar-refractivity contribution is 5.83. The minimum atomic E-state index is -0.947. The van der Waals surface area contributed by atoms with Gasteiger partial charge in [0.15, 0.2) is 0 Å². The van der Waals surface area contributed by atoms with Crippen molar-refractivity contribution in [3.63, 3.8) is 0 Å². The fourth-order valence-corrected chi connectivity index (χ4v) is 2.33. The minimum absolute atomic E-state index is 0.173. The van der Waals surface area contributed by atoms with Gasteiger partial charge in [0.05, 0.1) is 0 Å². The van der Waals surface area contributed by atoms with Crippen LogP contribution in [0.1, 0.15) is 57.1 Å². The molecule has 1 aromatic carbocycles. The molecule has 4 heteroatoms. The second-order valence-electron chi connectivity index (χ2n) is 5.62. The number of carbonyl (C=O) groups is 2. The van der Waals surface area contributed by atoms with E-state index in [2.05, 4.69) is 36.5 Å². The predicted molar refractivity (Wildman–Crippen MR) is 87.8 cm³/mol. The second kappa shape index (κ2) is 9.98. The van der Waals surface area contributed by atoms with Crippen LogP contribution in [0.5, 0.6) is 0 Å². The van der Waals surface area contributed by atoms with E-state index in [-0.39, 0.29) is 5.91 Å². The first-order chi connectivity index (χ1) is 10.6. The molecule has 0 radical (unpaired) electrons. The lowest BCUT2D eigenvalue weighted by atomic mass is 10.0. The van der Waals surface area contributed by atoms with Crippen molar-refractivity contribution in [1.29, 1.82) is 0 Å². The number of rotatable bonds is 10. The highest BCUT2D eigenvalue weighted by Gasteiger charge is 2.18. The summed E-state index contributed by atoms with van der Waals surface area (Å²) in [5, 5.41) is 11.7. The summed E-state index contributed by atoms with van der Waals surface area (Å²) in [4.78, 5) is 22.9. The molecule has 0 aliphatic carbocycles. The van der Waals surface area contributed by atoms with E-state index in [4.69, 9.17) is 5.11 Å². The number of carboxylic acid groups (broad SMARTS) is 1. The summed E-state index contributed by atoms with van der Waals surface area (Å²) in [6, 6.07) is 7.66. The summed E-state index contributed by atoms with van der Waals surface area (Å²) in [5.41, 5.74) is 2.52. The Bertz CT molecular complexity index is 468. The number of unbranched alkanes of at least 4 members (excludes halogenated alkanes) is 1. The van der Waals surface area contributed by atoms with Crippen molar-refractivity contribution in [3.8, 4) is 0 Å². The van der Waals surface area contributed by atoms with Gasteiger partial charge in [-0.3, -0.25) is 4.79 Å². The van der Waals surface area contributed by atoms with Crippen LogP contribution in [0.2, 0.25) is 0 Å². The zero-order valence-corrected chi connectivity index (χ0v) is 13.6. The quantitative estimate of drug-likeness (QED) is 0.697. The summed E-state index contributed by atoms with van der Waals surface area (Å²) >= 11 is 0. The van der Waals surface area contributed by atoms with Gasteiger partial charge in [0.1, 0.15) is 6.04 Å². The third-order valence-corrected chi connectivity index (χ3v) is 3.78. The highest BCUT2D eigenvalue weighted by Crippen LogP contribution is 2.09. The Morgan fingerprint density at radius 2 is 1.73 bits per heavy atom. The summed E-state index contributed by atoms with van der Waals surface area (Å²) in [7, 11) is 0. The molecular weight excluding hydrogens is 278 g/mol. The molecule has 0 heterocycles. The van der Waals surface area contributed by atoms with Crippen molar-refractivity contribution in [2.45, 2.75) is 64.8 Å². The van der Waals surface area contributed by atoms with Gasteiger partial charge < -0.3 is 10.4 Å². The fraction of sp³-hybridized carbons (Fsp3) is 0.556. The van der Waals surface area contributed by atoms with Crippen LogP contribution in [0, 0.1) is 0 Å². The third kappa shape index (κ3) is 6.74. The Kier molecular flexibility index (Phi) is 8.26. The zero-order valence-electron chi connectivity index (χ0n) is 13.6. The van der Waals surface area contributed by atoms with Gasteiger partial charge in [0.25, 0.3) is 0 Å². The molecule has 1 atom stereocenters. The second-order valence-corrected chi connectivity index (χ2v) is 5.62. The first-order valence-corrected chi connectivity index (χ1v) is 8.16. The predicted octanol–water partition coefficient (Wildman–Crippen LogP) is 3.33. The standard InChI is InChI=1S/C18H27NO3/c1-3-5-8-16(18(21)22)19-17(20)9-6-7-15-12-10-14(4-2)11-13-15/h10-13,16H,3-9H2,1-2H3,(H,19,20)(H,21,22). The van der Waals surface area contributed by atoms with Crippen LogP contribution in [-0.2, 0) is 22.4 Å². The van der Waals surface area contributed by atoms with Gasteiger partial charge in [-0.05, 0) is 36.8 Å². The van der Waals surface area contributed by atoms with E-state index in [0.29, 0.717) is 12.8 Å². The maximum Gasteiger partial charge on any atom is 0.326 e. The van der Waals surface area contributed by atoms with Crippen LogP contribution >= 0.6 is 0 Å². The van der Waals surface area contributed by atoms with E-state index in [1.54, 1.807) is 0 Å². The topological polar surface area (TPSA) is 66.4 Å². The molecule has 1 rings (SSSR count). The highest BCUT2D eigenvalue weighted by atomic mass is 16.4. The van der Waals surface area contributed by atoms with Gasteiger partial charge in [0.2, 0.25) is 5.91 Å². The molecule has 0 aromatic heterocycles. The average molecular weight is 305 g/mol. The Balaban J connectivity index is 2.33. The smallest absolute Gasteiger partial charge is 0.326 e. The maximum atomic E-state index is 11.8. The Labute approximate surface area is 132 Å². The largest absolute Gasteiger partial charge is 0.480 e. The van der Waals surface area contributed by atoms with Gasteiger partial charge in [-0.25, -0.2) is 4.79 Å². The molecular formula is C18H27NO3. The van der Waals surface area contributed by atoms with Crippen LogP contribution in [-0.4, -0.2) is 23.0 Å². The van der Waals surface area contributed by atoms with E-state index in [1.165, 1.54) is 11.1 Å². The number of amides is 1. The van der Waals surface area contributed by atoms with E-state index in [0.717, 1.165) is 32.1 Å². The summed E-state index contributed by atoms with van der Waals surface area (Å²) in [6.07, 6.45) is 5.19. The average Bonchev–Trinajstić information content (AvgIpc) is 2.51. The molecule has 0 bridgehead atoms. The van der Waals surface area contributed by atoms with Crippen LogP contribution in [0.3, 0.4) is 0 Å². The number of hydrogen-bond acceptors (Lipinski definition) is 2. The lowest BCUT2D eigenvalue weighted by molar-refractivity contribution is -0.142. The van der Waals surface area contributed by atoms with Crippen molar-refractivity contribution < 1.29 is 14.7 Å². The fourth-order valence-electron chi connectivity index (χ4n) is 2.33. The number of benzene rings is 1. The van der Waals surface area contributed by atoms with E-state index in [9.17, 15) is 9.59 Å². The first kappa shape index (κ1) is 18.2. The van der Waals surface area contributed by atoms with Crippen molar-refractivity contribution in [1.82, 2.24) is 5.32 Å². The summed E-state index contributed by atoms with van der Waals surface area (Å²) in [5.74, 6) is -1.12. The van der Waals surface area contributed by atoms with Crippen LogP contribution < -0.4 is 5.32 Å². The van der Waals surface area contributed by atoms with Crippen LogP contribution in [0.25, 0.3) is 0 Å². The minimum Gasteiger partial charge on any atom is -0.480 e. The van der Waals surface area contributed by atoms with Gasteiger partial charge >= 0.3 is 5.97 Å². The number of hydrogen-bond donors (Lipinski definition) is 2. The first-order valence-electron chi connectivity index (χ1n) is 8.16. The number of nitrogens with one attached hydrogen (secondary N) is 1. The monoisotopic (exact) mass is 305 g/mol. The number of aryl methyl sites for hydroxylation is 2. The molecule has 0 saturated carbocycles. The molecule has 1 aromatic rings. The van der Waals surface area contributed by atoms with Gasteiger partial charge in [-0.2, -0.15) is 0 Å². The summed E-state index contributed by atoms with van der Waals surface area (Å²) in [6.45, 7) is 4.13. The maximum absolute atomic E-state index is 11.8.